The lowest BCUT2D eigenvalue weighted by atomic mass is 10.1. The van der Waals surface area contributed by atoms with Crippen molar-refractivity contribution in [2.45, 2.75) is 12.7 Å². The van der Waals surface area contributed by atoms with Crippen molar-refractivity contribution in [2.75, 3.05) is 0 Å². The van der Waals surface area contributed by atoms with E-state index in [1.807, 2.05) is 30.3 Å². The van der Waals surface area contributed by atoms with Crippen molar-refractivity contribution in [1.82, 2.24) is 5.32 Å². The summed E-state index contributed by atoms with van der Waals surface area (Å²) >= 11 is 6.01. The van der Waals surface area contributed by atoms with E-state index in [1.165, 1.54) is 18.2 Å². The number of carbonyl (C=O) groups is 1. The van der Waals surface area contributed by atoms with E-state index in [-0.39, 0.29) is 34.2 Å². The van der Waals surface area contributed by atoms with Gasteiger partial charge in [-0.2, -0.15) is 18.4 Å². The summed E-state index contributed by atoms with van der Waals surface area (Å²) in [5.41, 5.74) is -0.156. The van der Waals surface area contributed by atoms with Gasteiger partial charge in [-0.25, -0.2) is 0 Å². The van der Waals surface area contributed by atoms with Crippen LogP contribution >= 0.6 is 11.6 Å². The molecule has 30 heavy (non-hydrogen) atoms. The Kier molecular flexibility index (Phi) is 6.28. The first-order valence-corrected chi connectivity index (χ1v) is 9.06. The van der Waals surface area contributed by atoms with Crippen molar-refractivity contribution in [1.29, 1.82) is 5.26 Å². The number of benzene rings is 2. The summed E-state index contributed by atoms with van der Waals surface area (Å²) in [7, 11) is 0. The molecule has 0 aliphatic carbocycles. The third-order valence-corrected chi connectivity index (χ3v) is 4.46. The first kappa shape index (κ1) is 21.2. The van der Waals surface area contributed by atoms with Crippen LogP contribution in [-0.4, -0.2) is 5.91 Å². The minimum Gasteiger partial charge on any atom is -0.457 e. The first-order valence-electron chi connectivity index (χ1n) is 8.69. The van der Waals surface area contributed by atoms with Crippen molar-refractivity contribution >= 4 is 23.6 Å². The molecule has 3 aromatic rings. The predicted octanol–water partition coefficient (Wildman–Crippen LogP) is 5.84. The molecule has 1 N–H and O–H groups in total. The van der Waals surface area contributed by atoms with Gasteiger partial charge in [0, 0.05) is 18.2 Å². The third-order valence-electron chi connectivity index (χ3n) is 4.13. The fraction of sp³-hybridized carbons (Fsp3) is 0.0909. The molecule has 1 aromatic heterocycles. The van der Waals surface area contributed by atoms with E-state index in [0.29, 0.717) is 0 Å². The minimum atomic E-state index is -4.53. The maximum atomic E-state index is 13.0. The van der Waals surface area contributed by atoms with Crippen LogP contribution in [0, 0.1) is 11.3 Å². The summed E-state index contributed by atoms with van der Waals surface area (Å²) in [6, 6.07) is 16.7. The van der Waals surface area contributed by atoms with Crippen LogP contribution < -0.4 is 5.32 Å². The van der Waals surface area contributed by atoms with Crippen LogP contribution in [0.3, 0.4) is 0 Å². The summed E-state index contributed by atoms with van der Waals surface area (Å²) < 4.78 is 44.4. The molecule has 8 heteroatoms. The quantitative estimate of drug-likeness (QED) is 0.408. The van der Waals surface area contributed by atoms with Gasteiger partial charge in [0.2, 0.25) is 0 Å². The number of hydrogen-bond acceptors (Lipinski definition) is 3. The van der Waals surface area contributed by atoms with Crippen LogP contribution in [0.4, 0.5) is 13.2 Å². The molecule has 2 aromatic carbocycles. The number of amides is 1. The smallest absolute Gasteiger partial charge is 0.416 e. The second-order valence-corrected chi connectivity index (χ2v) is 6.64. The summed E-state index contributed by atoms with van der Waals surface area (Å²) in [5.74, 6) is -0.388. The van der Waals surface area contributed by atoms with Gasteiger partial charge in [0.05, 0.1) is 10.6 Å². The van der Waals surface area contributed by atoms with Crippen LogP contribution in [0.1, 0.15) is 16.9 Å². The molecule has 152 valence electrons. The van der Waals surface area contributed by atoms with Gasteiger partial charge >= 0.3 is 6.18 Å². The molecule has 0 fully saturated rings. The van der Waals surface area contributed by atoms with E-state index >= 15 is 0 Å². The lowest BCUT2D eigenvalue weighted by Gasteiger charge is -2.09. The average Bonchev–Trinajstić information content (AvgIpc) is 3.19. The lowest BCUT2D eigenvalue weighted by molar-refractivity contribution is -0.137. The fourth-order valence-electron chi connectivity index (χ4n) is 2.63. The number of furan rings is 1. The molecule has 1 amide bonds. The van der Waals surface area contributed by atoms with E-state index in [2.05, 4.69) is 5.32 Å². The second-order valence-electron chi connectivity index (χ2n) is 6.23. The molecule has 0 bridgehead atoms. The van der Waals surface area contributed by atoms with Gasteiger partial charge in [-0.15, -0.1) is 0 Å². The second kappa shape index (κ2) is 8.89. The summed E-state index contributed by atoms with van der Waals surface area (Å²) in [6.45, 7) is 0.238. The molecule has 0 saturated carbocycles. The molecule has 0 saturated heterocycles. The van der Waals surface area contributed by atoms with Gasteiger partial charge in [0.25, 0.3) is 5.91 Å². The number of alkyl halides is 3. The van der Waals surface area contributed by atoms with Gasteiger partial charge in [-0.05, 0) is 35.9 Å². The predicted molar refractivity (Wildman–Crippen MR) is 106 cm³/mol. The van der Waals surface area contributed by atoms with Crippen LogP contribution in [0.5, 0.6) is 0 Å². The number of nitrogens with zero attached hydrogens (tertiary/aromatic N) is 1. The summed E-state index contributed by atoms with van der Waals surface area (Å²) in [5, 5.41) is 12.0. The molecule has 4 nitrogen and oxygen atoms in total. The van der Waals surface area contributed by atoms with Crippen LogP contribution in [0.2, 0.25) is 5.02 Å². The number of carbonyl (C=O) groups excluding carboxylic acids is 1. The molecule has 0 radical (unpaired) electrons. The zero-order valence-corrected chi connectivity index (χ0v) is 16.1. The lowest BCUT2D eigenvalue weighted by Crippen LogP contribution is -2.23. The topological polar surface area (TPSA) is 66.0 Å². The van der Waals surface area contributed by atoms with Crippen molar-refractivity contribution in [3.8, 4) is 17.4 Å². The molecule has 0 unspecified atom stereocenters. The largest absolute Gasteiger partial charge is 0.457 e. The SMILES string of the molecule is N#C/C(=C/c1ccc(-c2cc(C(F)(F)F)ccc2Cl)o1)C(=O)NCc1ccccc1. The molecular weight excluding hydrogens is 417 g/mol. The summed E-state index contributed by atoms with van der Waals surface area (Å²) in [4.78, 5) is 12.2. The Morgan fingerprint density at radius 1 is 1.13 bits per heavy atom. The normalized spacial score (nSPS) is 11.8. The standard InChI is InChI=1S/C22H14ClF3N2O2/c23-19-8-6-16(22(24,25)26)11-18(19)20-9-7-17(30-20)10-15(12-27)21(29)28-13-14-4-2-1-3-5-14/h1-11H,13H2,(H,28,29)/b15-10-. The number of rotatable bonds is 5. The maximum Gasteiger partial charge on any atom is 0.416 e. The Hall–Kier alpha value is -3.50. The van der Waals surface area contributed by atoms with Crippen molar-refractivity contribution in [2.24, 2.45) is 0 Å². The molecule has 0 atom stereocenters. The molecule has 0 spiro atoms. The van der Waals surface area contributed by atoms with Crippen LogP contribution in [0.15, 0.2) is 70.7 Å². The van der Waals surface area contributed by atoms with E-state index in [1.54, 1.807) is 6.07 Å². The first-order chi connectivity index (χ1) is 14.3. The Bertz CT molecular complexity index is 1130. The molecular formula is C22H14ClF3N2O2. The Morgan fingerprint density at radius 2 is 1.87 bits per heavy atom. The van der Waals surface area contributed by atoms with Gasteiger partial charge in [0.1, 0.15) is 23.2 Å². The number of halogens is 4. The van der Waals surface area contributed by atoms with Gasteiger partial charge in [-0.1, -0.05) is 41.9 Å². The van der Waals surface area contributed by atoms with Gasteiger partial charge in [0.15, 0.2) is 0 Å². The maximum absolute atomic E-state index is 13.0. The van der Waals surface area contributed by atoms with E-state index in [0.717, 1.165) is 23.8 Å². The molecule has 0 aliphatic rings. The monoisotopic (exact) mass is 430 g/mol. The zero-order chi connectivity index (χ0) is 21.7. The number of hydrogen-bond donors (Lipinski definition) is 1. The molecule has 3 rings (SSSR count). The Labute approximate surface area is 175 Å². The van der Waals surface area contributed by atoms with Crippen molar-refractivity contribution in [3.63, 3.8) is 0 Å². The Morgan fingerprint density at radius 3 is 2.53 bits per heavy atom. The van der Waals surface area contributed by atoms with E-state index < -0.39 is 17.6 Å². The highest BCUT2D eigenvalue weighted by Crippen LogP contribution is 2.36. The zero-order valence-electron chi connectivity index (χ0n) is 15.3. The highest BCUT2D eigenvalue weighted by atomic mass is 35.5. The third kappa shape index (κ3) is 5.10. The van der Waals surface area contributed by atoms with Crippen LogP contribution in [-0.2, 0) is 17.5 Å². The van der Waals surface area contributed by atoms with Crippen LogP contribution in [0.25, 0.3) is 17.4 Å². The highest BCUT2D eigenvalue weighted by Gasteiger charge is 2.31. The molecule has 1 heterocycles. The minimum absolute atomic E-state index is 0.0539. The summed E-state index contributed by atoms with van der Waals surface area (Å²) in [6.07, 6.45) is -3.31. The molecule has 0 aliphatic heterocycles. The van der Waals surface area contributed by atoms with Crippen molar-refractivity contribution in [3.05, 3.63) is 88.1 Å². The van der Waals surface area contributed by atoms with Crippen molar-refractivity contribution < 1.29 is 22.4 Å². The fourth-order valence-corrected chi connectivity index (χ4v) is 2.84. The highest BCUT2D eigenvalue weighted by molar-refractivity contribution is 6.33. The van der Waals surface area contributed by atoms with Gasteiger partial charge < -0.3 is 9.73 Å². The Balaban J connectivity index is 1.80. The average molecular weight is 431 g/mol. The van der Waals surface area contributed by atoms with E-state index in [4.69, 9.17) is 16.0 Å². The van der Waals surface area contributed by atoms with Gasteiger partial charge in [-0.3, -0.25) is 4.79 Å². The number of nitriles is 1. The number of nitrogens with one attached hydrogen (secondary N) is 1. The van der Waals surface area contributed by atoms with E-state index in [9.17, 15) is 23.2 Å².